The molecule has 6 nitrogen and oxygen atoms in total. The standard InChI is InChI=1S/C24H20N2O4/c1-3-16-7-6-9-20(24(16)25-2)18-11-13-19(17(15-18)12-14-23(27)28)21-8-4-5-10-22(21)26(29)30/h3-15,25H,1H2,2H3,(H,27,28)/b14-12+. The van der Waals surface area contributed by atoms with Crippen molar-refractivity contribution >= 4 is 29.5 Å². The summed E-state index contributed by atoms with van der Waals surface area (Å²) < 4.78 is 0. The molecule has 0 heterocycles. The van der Waals surface area contributed by atoms with Gasteiger partial charge in [-0.15, -0.1) is 0 Å². The molecule has 3 aromatic rings. The molecule has 0 radical (unpaired) electrons. The van der Waals surface area contributed by atoms with Crippen LogP contribution in [0.4, 0.5) is 11.4 Å². The van der Waals surface area contributed by atoms with Crippen LogP contribution in [0.5, 0.6) is 0 Å². The predicted octanol–water partition coefficient (Wildman–Crippen LogP) is 5.71. The number of rotatable bonds is 7. The van der Waals surface area contributed by atoms with Crippen LogP contribution in [-0.4, -0.2) is 23.0 Å². The summed E-state index contributed by atoms with van der Waals surface area (Å²) in [6.45, 7) is 3.84. The van der Waals surface area contributed by atoms with Crippen molar-refractivity contribution in [1.29, 1.82) is 0 Å². The number of hydrogen-bond donors (Lipinski definition) is 2. The third-order valence-electron chi connectivity index (χ3n) is 4.73. The fourth-order valence-corrected chi connectivity index (χ4v) is 3.39. The van der Waals surface area contributed by atoms with Crippen LogP contribution in [0, 0.1) is 10.1 Å². The van der Waals surface area contributed by atoms with Gasteiger partial charge >= 0.3 is 5.97 Å². The molecule has 0 saturated carbocycles. The van der Waals surface area contributed by atoms with Crippen molar-refractivity contribution in [3.8, 4) is 22.3 Å². The number of nitrogens with one attached hydrogen (secondary N) is 1. The number of carbonyl (C=O) groups is 1. The number of nitrogens with zero attached hydrogens (tertiary/aromatic N) is 1. The van der Waals surface area contributed by atoms with E-state index in [-0.39, 0.29) is 5.69 Å². The summed E-state index contributed by atoms with van der Waals surface area (Å²) in [6.07, 6.45) is 4.23. The van der Waals surface area contributed by atoms with Crippen LogP contribution in [0.15, 0.2) is 73.3 Å². The molecular weight excluding hydrogens is 380 g/mol. The normalized spacial score (nSPS) is 10.7. The summed E-state index contributed by atoms with van der Waals surface area (Å²) in [6, 6.07) is 17.7. The van der Waals surface area contributed by atoms with E-state index in [1.807, 2.05) is 37.4 Å². The molecule has 2 N–H and O–H groups in total. The van der Waals surface area contributed by atoms with Crippen LogP contribution in [0.2, 0.25) is 0 Å². The molecule has 0 saturated heterocycles. The van der Waals surface area contributed by atoms with E-state index in [1.165, 1.54) is 12.1 Å². The molecule has 0 bridgehead atoms. The minimum atomic E-state index is -1.10. The molecule has 0 aliphatic heterocycles. The van der Waals surface area contributed by atoms with Crippen LogP contribution in [0.1, 0.15) is 11.1 Å². The summed E-state index contributed by atoms with van der Waals surface area (Å²) in [5.74, 6) is -1.10. The SMILES string of the molecule is C=Cc1cccc(-c2ccc(-c3ccccc3[N+](=O)[O-])c(/C=C/C(=O)O)c2)c1NC. The van der Waals surface area contributed by atoms with Gasteiger partial charge in [0.05, 0.1) is 10.5 Å². The predicted molar refractivity (Wildman–Crippen MR) is 120 cm³/mol. The Balaban J connectivity index is 2.25. The lowest BCUT2D eigenvalue weighted by molar-refractivity contribution is -0.384. The van der Waals surface area contributed by atoms with Crippen molar-refractivity contribution in [2.75, 3.05) is 12.4 Å². The first-order valence-corrected chi connectivity index (χ1v) is 9.18. The maximum Gasteiger partial charge on any atom is 0.328 e. The largest absolute Gasteiger partial charge is 0.478 e. The third kappa shape index (κ3) is 4.12. The Morgan fingerprint density at radius 3 is 2.43 bits per heavy atom. The molecule has 6 heteroatoms. The van der Waals surface area contributed by atoms with E-state index >= 15 is 0 Å². The summed E-state index contributed by atoms with van der Waals surface area (Å²) >= 11 is 0. The molecular formula is C24H20N2O4. The number of nitro benzene ring substituents is 1. The Morgan fingerprint density at radius 2 is 1.77 bits per heavy atom. The van der Waals surface area contributed by atoms with Gasteiger partial charge in [-0.05, 0) is 40.5 Å². The lowest BCUT2D eigenvalue weighted by Crippen LogP contribution is -1.97. The van der Waals surface area contributed by atoms with E-state index in [0.29, 0.717) is 16.7 Å². The number of anilines is 1. The van der Waals surface area contributed by atoms with Crippen LogP contribution < -0.4 is 5.32 Å². The first-order chi connectivity index (χ1) is 14.5. The van der Waals surface area contributed by atoms with Crippen LogP contribution in [0.3, 0.4) is 0 Å². The fourth-order valence-electron chi connectivity index (χ4n) is 3.39. The number of aliphatic carboxylic acids is 1. The van der Waals surface area contributed by atoms with Crippen molar-refractivity contribution < 1.29 is 14.8 Å². The minimum absolute atomic E-state index is 0.0419. The molecule has 0 unspecified atom stereocenters. The topological polar surface area (TPSA) is 92.5 Å². The zero-order valence-electron chi connectivity index (χ0n) is 16.3. The fraction of sp³-hybridized carbons (Fsp3) is 0.0417. The highest BCUT2D eigenvalue weighted by atomic mass is 16.6. The summed E-state index contributed by atoms with van der Waals surface area (Å²) in [5.41, 5.74) is 5.10. The van der Waals surface area contributed by atoms with Gasteiger partial charge < -0.3 is 10.4 Å². The van der Waals surface area contributed by atoms with Crippen LogP contribution >= 0.6 is 0 Å². The molecule has 0 amide bonds. The molecule has 0 aliphatic carbocycles. The monoisotopic (exact) mass is 400 g/mol. The third-order valence-corrected chi connectivity index (χ3v) is 4.73. The molecule has 0 aromatic heterocycles. The lowest BCUT2D eigenvalue weighted by Gasteiger charge is -2.15. The second kappa shape index (κ2) is 8.87. The van der Waals surface area contributed by atoms with Crippen LogP contribution in [0.25, 0.3) is 34.4 Å². The van der Waals surface area contributed by atoms with E-state index in [9.17, 15) is 14.9 Å². The van der Waals surface area contributed by atoms with Crippen molar-refractivity contribution in [3.05, 3.63) is 94.6 Å². The van der Waals surface area contributed by atoms with Gasteiger partial charge in [0.15, 0.2) is 0 Å². The first-order valence-electron chi connectivity index (χ1n) is 9.18. The molecule has 0 atom stereocenters. The molecule has 0 fully saturated rings. The van der Waals surface area contributed by atoms with E-state index in [2.05, 4.69) is 11.9 Å². The van der Waals surface area contributed by atoms with Crippen molar-refractivity contribution in [2.24, 2.45) is 0 Å². The average Bonchev–Trinajstić information content (AvgIpc) is 2.76. The number of nitro groups is 1. The Bertz CT molecular complexity index is 1170. The Kier molecular flexibility index (Phi) is 6.08. The molecule has 0 spiro atoms. The van der Waals surface area contributed by atoms with E-state index in [4.69, 9.17) is 5.11 Å². The number of benzene rings is 3. The second-order valence-electron chi connectivity index (χ2n) is 6.47. The number of hydrogen-bond acceptors (Lipinski definition) is 4. The quantitative estimate of drug-likeness (QED) is 0.301. The second-order valence-corrected chi connectivity index (χ2v) is 6.47. The van der Waals surface area contributed by atoms with Crippen LogP contribution in [-0.2, 0) is 4.79 Å². The van der Waals surface area contributed by atoms with Gasteiger partial charge in [0.25, 0.3) is 5.69 Å². The lowest BCUT2D eigenvalue weighted by atomic mass is 9.92. The summed E-state index contributed by atoms with van der Waals surface area (Å²) in [4.78, 5) is 22.2. The minimum Gasteiger partial charge on any atom is -0.478 e. The first kappa shape index (κ1) is 20.5. The Morgan fingerprint density at radius 1 is 1.03 bits per heavy atom. The van der Waals surface area contributed by atoms with Gasteiger partial charge in [-0.1, -0.05) is 55.1 Å². The molecule has 3 rings (SSSR count). The summed E-state index contributed by atoms with van der Waals surface area (Å²) in [5, 5.41) is 23.8. The van der Waals surface area contributed by atoms with Gasteiger partial charge in [0.1, 0.15) is 0 Å². The van der Waals surface area contributed by atoms with Crippen molar-refractivity contribution in [1.82, 2.24) is 0 Å². The maximum absolute atomic E-state index is 11.5. The Hall–Kier alpha value is -4.19. The highest BCUT2D eigenvalue weighted by Crippen LogP contribution is 2.37. The highest BCUT2D eigenvalue weighted by Gasteiger charge is 2.17. The molecule has 150 valence electrons. The van der Waals surface area contributed by atoms with Crippen molar-refractivity contribution in [2.45, 2.75) is 0 Å². The molecule has 0 aliphatic rings. The van der Waals surface area contributed by atoms with E-state index < -0.39 is 10.9 Å². The maximum atomic E-state index is 11.5. The van der Waals surface area contributed by atoms with Gasteiger partial charge in [-0.3, -0.25) is 10.1 Å². The molecule has 3 aromatic carbocycles. The highest BCUT2D eigenvalue weighted by molar-refractivity contribution is 5.92. The average molecular weight is 400 g/mol. The molecule has 30 heavy (non-hydrogen) atoms. The number of carboxylic acids is 1. The number of para-hydroxylation sites is 2. The van der Waals surface area contributed by atoms with Gasteiger partial charge in [-0.2, -0.15) is 0 Å². The smallest absolute Gasteiger partial charge is 0.328 e. The van der Waals surface area contributed by atoms with Gasteiger partial charge in [0.2, 0.25) is 0 Å². The van der Waals surface area contributed by atoms with Gasteiger partial charge in [-0.25, -0.2) is 4.79 Å². The van der Waals surface area contributed by atoms with Gasteiger partial charge in [0, 0.05) is 30.4 Å². The Labute approximate surface area is 174 Å². The number of carboxylic acid groups (broad SMARTS) is 1. The van der Waals surface area contributed by atoms with E-state index in [1.54, 1.807) is 30.3 Å². The zero-order valence-corrected chi connectivity index (χ0v) is 16.3. The summed E-state index contributed by atoms with van der Waals surface area (Å²) in [7, 11) is 1.82. The van der Waals surface area contributed by atoms with E-state index in [0.717, 1.165) is 28.5 Å². The zero-order chi connectivity index (χ0) is 21.7. The van der Waals surface area contributed by atoms with Crippen molar-refractivity contribution in [3.63, 3.8) is 0 Å².